The maximum absolute atomic E-state index is 13.0. The molecule has 2 aromatic rings. The molecule has 1 N–H and O–H groups in total. The van der Waals surface area contributed by atoms with Gasteiger partial charge < -0.3 is 5.32 Å². The van der Waals surface area contributed by atoms with Crippen LogP contribution in [0.4, 0.5) is 4.39 Å². The van der Waals surface area contributed by atoms with E-state index in [1.807, 2.05) is 13.0 Å². The third-order valence-corrected chi connectivity index (χ3v) is 3.25. The van der Waals surface area contributed by atoms with Crippen molar-refractivity contribution in [1.82, 2.24) is 15.5 Å². The Labute approximate surface area is 116 Å². The number of halogens is 2. The number of nitrogens with one attached hydrogen (secondary N) is 1. The van der Waals surface area contributed by atoms with Gasteiger partial charge >= 0.3 is 0 Å². The van der Waals surface area contributed by atoms with E-state index in [0.717, 1.165) is 17.7 Å². The lowest BCUT2D eigenvalue weighted by Gasteiger charge is -2.18. The molecule has 0 saturated heterocycles. The molecule has 0 aliphatic carbocycles. The summed E-state index contributed by atoms with van der Waals surface area (Å²) >= 11 is 6.07. The number of rotatable bonds is 5. The zero-order valence-electron chi connectivity index (χ0n) is 10.6. The van der Waals surface area contributed by atoms with Gasteiger partial charge in [0.25, 0.3) is 0 Å². The Balaban J connectivity index is 2.21. The van der Waals surface area contributed by atoms with Crippen molar-refractivity contribution >= 4 is 11.6 Å². The number of hydrogen-bond acceptors (Lipinski definition) is 3. The van der Waals surface area contributed by atoms with Gasteiger partial charge in [-0.1, -0.05) is 24.6 Å². The van der Waals surface area contributed by atoms with Crippen molar-refractivity contribution in [1.29, 1.82) is 0 Å². The van der Waals surface area contributed by atoms with E-state index in [9.17, 15) is 4.39 Å². The van der Waals surface area contributed by atoms with Gasteiger partial charge in [-0.3, -0.25) is 0 Å². The van der Waals surface area contributed by atoms with Crippen LogP contribution in [0.2, 0.25) is 5.02 Å². The van der Waals surface area contributed by atoms with Crippen molar-refractivity contribution < 1.29 is 4.39 Å². The molecule has 1 unspecified atom stereocenters. The molecule has 1 atom stereocenters. The Morgan fingerprint density at radius 1 is 1.32 bits per heavy atom. The van der Waals surface area contributed by atoms with E-state index < -0.39 is 0 Å². The van der Waals surface area contributed by atoms with Gasteiger partial charge in [-0.05, 0) is 42.3 Å². The number of benzene rings is 1. The van der Waals surface area contributed by atoms with Gasteiger partial charge in [-0.25, -0.2) is 4.39 Å². The Morgan fingerprint density at radius 2 is 2.16 bits per heavy atom. The highest BCUT2D eigenvalue weighted by molar-refractivity contribution is 6.31. The van der Waals surface area contributed by atoms with Crippen molar-refractivity contribution in [2.24, 2.45) is 0 Å². The van der Waals surface area contributed by atoms with Crippen molar-refractivity contribution in [3.8, 4) is 0 Å². The summed E-state index contributed by atoms with van der Waals surface area (Å²) in [7, 11) is 0. The first-order valence-electron chi connectivity index (χ1n) is 6.14. The van der Waals surface area contributed by atoms with E-state index in [2.05, 4.69) is 15.5 Å². The summed E-state index contributed by atoms with van der Waals surface area (Å²) in [6.45, 7) is 2.86. The first-order chi connectivity index (χ1) is 9.20. The Morgan fingerprint density at radius 3 is 2.79 bits per heavy atom. The van der Waals surface area contributed by atoms with Crippen LogP contribution in [0.3, 0.4) is 0 Å². The lowest BCUT2D eigenvalue weighted by Crippen LogP contribution is -2.23. The first kappa shape index (κ1) is 13.9. The number of likely N-dealkylation sites (N-methyl/N-ethyl adjacent to an activating group) is 1. The van der Waals surface area contributed by atoms with E-state index in [-0.39, 0.29) is 11.9 Å². The second-order valence-corrected chi connectivity index (χ2v) is 4.63. The molecule has 3 nitrogen and oxygen atoms in total. The molecule has 0 fully saturated rings. The summed E-state index contributed by atoms with van der Waals surface area (Å²) in [5.41, 5.74) is 1.95. The lowest BCUT2D eigenvalue weighted by molar-refractivity contribution is 0.545. The summed E-state index contributed by atoms with van der Waals surface area (Å²) in [6.07, 6.45) is 4.06. The van der Waals surface area contributed by atoms with Crippen LogP contribution in [0.15, 0.2) is 36.7 Å². The molecule has 2 rings (SSSR count). The van der Waals surface area contributed by atoms with Crippen LogP contribution in [-0.2, 0) is 6.42 Å². The second-order valence-electron chi connectivity index (χ2n) is 4.23. The first-order valence-corrected chi connectivity index (χ1v) is 6.52. The van der Waals surface area contributed by atoms with Gasteiger partial charge in [0.2, 0.25) is 0 Å². The average molecular weight is 280 g/mol. The van der Waals surface area contributed by atoms with Crippen LogP contribution < -0.4 is 5.32 Å². The topological polar surface area (TPSA) is 37.8 Å². The Bertz CT molecular complexity index is 533. The molecule has 0 aliphatic rings. The molecule has 0 bridgehead atoms. The molecular formula is C14H15ClFN3. The average Bonchev–Trinajstić information content (AvgIpc) is 2.42. The molecule has 0 radical (unpaired) electrons. The highest BCUT2D eigenvalue weighted by Crippen LogP contribution is 2.23. The van der Waals surface area contributed by atoms with E-state index in [1.54, 1.807) is 18.5 Å². The molecule has 1 heterocycles. The van der Waals surface area contributed by atoms with Crippen molar-refractivity contribution in [3.05, 3.63) is 58.6 Å². The van der Waals surface area contributed by atoms with E-state index in [0.29, 0.717) is 11.4 Å². The molecule has 0 spiro atoms. The molecule has 1 aromatic carbocycles. The van der Waals surface area contributed by atoms with Crippen LogP contribution in [0.5, 0.6) is 0 Å². The molecule has 1 aromatic heterocycles. The minimum atomic E-state index is -0.320. The van der Waals surface area contributed by atoms with E-state index in [1.165, 1.54) is 12.1 Å². The molecule has 100 valence electrons. The van der Waals surface area contributed by atoms with Crippen molar-refractivity contribution in [2.45, 2.75) is 19.4 Å². The highest BCUT2D eigenvalue weighted by atomic mass is 35.5. The molecule has 5 heteroatoms. The predicted octanol–water partition coefficient (Wildman–Crippen LogP) is 3.16. The zero-order valence-corrected chi connectivity index (χ0v) is 11.4. The number of aromatic nitrogens is 2. The molecule has 0 saturated carbocycles. The van der Waals surface area contributed by atoms with Gasteiger partial charge in [-0.15, -0.1) is 0 Å². The van der Waals surface area contributed by atoms with Gasteiger partial charge in [0, 0.05) is 17.3 Å². The quantitative estimate of drug-likeness (QED) is 0.914. The molecular weight excluding hydrogens is 265 g/mol. The van der Waals surface area contributed by atoms with Crippen LogP contribution in [-0.4, -0.2) is 16.7 Å². The van der Waals surface area contributed by atoms with E-state index >= 15 is 0 Å². The summed E-state index contributed by atoms with van der Waals surface area (Å²) in [6, 6.07) is 6.48. The summed E-state index contributed by atoms with van der Waals surface area (Å²) in [4.78, 5) is 0. The van der Waals surface area contributed by atoms with Crippen LogP contribution in [0.25, 0.3) is 0 Å². The number of nitrogens with zero attached hydrogens (tertiary/aromatic N) is 2. The maximum atomic E-state index is 13.0. The summed E-state index contributed by atoms with van der Waals surface area (Å²) in [5.74, 6) is -0.320. The lowest BCUT2D eigenvalue weighted by atomic mass is 10.0. The van der Waals surface area contributed by atoms with Gasteiger partial charge in [0.15, 0.2) is 0 Å². The minimum Gasteiger partial charge on any atom is -0.310 e. The molecule has 0 aliphatic heterocycles. The largest absolute Gasteiger partial charge is 0.310 e. The van der Waals surface area contributed by atoms with Crippen LogP contribution >= 0.6 is 11.6 Å². The van der Waals surface area contributed by atoms with E-state index in [4.69, 9.17) is 11.6 Å². The van der Waals surface area contributed by atoms with Crippen LogP contribution in [0.1, 0.15) is 24.1 Å². The standard InChI is InChI=1S/C14H15ClFN3/c1-2-17-14(11-5-6-18-19-9-11)7-10-3-4-12(16)8-13(10)15/h3-6,8-9,14,17H,2,7H2,1H3. The third kappa shape index (κ3) is 3.72. The predicted molar refractivity (Wildman–Crippen MR) is 73.6 cm³/mol. The highest BCUT2D eigenvalue weighted by Gasteiger charge is 2.13. The normalized spacial score (nSPS) is 12.4. The van der Waals surface area contributed by atoms with Gasteiger partial charge in [-0.2, -0.15) is 10.2 Å². The third-order valence-electron chi connectivity index (χ3n) is 2.90. The molecule has 19 heavy (non-hydrogen) atoms. The van der Waals surface area contributed by atoms with Crippen LogP contribution in [0, 0.1) is 5.82 Å². The summed E-state index contributed by atoms with van der Waals surface area (Å²) in [5, 5.41) is 11.5. The fourth-order valence-electron chi connectivity index (χ4n) is 1.97. The second kappa shape index (κ2) is 6.59. The summed E-state index contributed by atoms with van der Waals surface area (Å²) < 4.78 is 13.0. The Kier molecular flexibility index (Phi) is 4.82. The Hall–Kier alpha value is -1.52. The SMILES string of the molecule is CCNC(Cc1ccc(F)cc1Cl)c1ccnnc1. The van der Waals surface area contributed by atoms with Crippen molar-refractivity contribution in [3.63, 3.8) is 0 Å². The monoisotopic (exact) mass is 279 g/mol. The minimum absolute atomic E-state index is 0.0865. The zero-order chi connectivity index (χ0) is 13.7. The van der Waals surface area contributed by atoms with Crippen molar-refractivity contribution in [2.75, 3.05) is 6.54 Å². The fraction of sp³-hybridized carbons (Fsp3) is 0.286. The van der Waals surface area contributed by atoms with Gasteiger partial charge in [0.05, 0.1) is 6.20 Å². The fourth-order valence-corrected chi connectivity index (χ4v) is 2.21. The smallest absolute Gasteiger partial charge is 0.124 e. The number of hydrogen-bond donors (Lipinski definition) is 1. The van der Waals surface area contributed by atoms with Gasteiger partial charge in [0.1, 0.15) is 5.82 Å². The maximum Gasteiger partial charge on any atom is 0.124 e. The molecule has 0 amide bonds.